The third-order valence-corrected chi connectivity index (χ3v) is 6.22. The summed E-state index contributed by atoms with van der Waals surface area (Å²) in [5.74, 6) is 2.19. The fraction of sp³-hybridized carbons (Fsp3) is 0.375. The van der Waals surface area contributed by atoms with Crippen molar-refractivity contribution in [3.63, 3.8) is 0 Å². The predicted molar refractivity (Wildman–Crippen MR) is 116 cm³/mol. The molecule has 160 valence electrons. The molecule has 5 rings (SSSR count). The monoisotopic (exact) mass is 419 g/mol. The zero-order valence-electron chi connectivity index (χ0n) is 17.8. The highest BCUT2D eigenvalue weighted by Crippen LogP contribution is 2.37. The average molecular weight is 419 g/mol. The van der Waals surface area contributed by atoms with E-state index in [9.17, 15) is 4.79 Å². The van der Waals surface area contributed by atoms with Gasteiger partial charge >= 0.3 is 0 Å². The van der Waals surface area contributed by atoms with Crippen LogP contribution >= 0.6 is 0 Å². The summed E-state index contributed by atoms with van der Waals surface area (Å²) >= 11 is 0. The molecule has 0 N–H and O–H groups in total. The van der Waals surface area contributed by atoms with Gasteiger partial charge in [0.25, 0.3) is 0 Å². The Morgan fingerprint density at radius 2 is 1.90 bits per heavy atom. The molecule has 7 heteroatoms. The molecule has 0 bridgehead atoms. The quantitative estimate of drug-likeness (QED) is 0.618. The van der Waals surface area contributed by atoms with Crippen molar-refractivity contribution in [1.82, 2.24) is 10.1 Å². The van der Waals surface area contributed by atoms with Crippen LogP contribution in [-0.4, -0.2) is 36.8 Å². The molecule has 1 saturated heterocycles. The zero-order chi connectivity index (χ0) is 21.4. The predicted octanol–water partition coefficient (Wildman–Crippen LogP) is 4.15. The lowest BCUT2D eigenvalue weighted by molar-refractivity contribution is -0.117. The van der Waals surface area contributed by atoms with E-state index in [1.54, 1.807) is 14.2 Å². The van der Waals surface area contributed by atoms with E-state index in [0.29, 0.717) is 36.2 Å². The van der Waals surface area contributed by atoms with Crippen LogP contribution in [-0.2, 0) is 17.6 Å². The van der Waals surface area contributed by atoms with Crippen LogP contribution in [0, 0.1) is 0 Å². The molecule has 3 aromatic rings. The van der Waals surface area contributed by atoms with Gasteiger partial charge in [-0.3, -0.25) is 4.79 Å². The lowest BCUT2D eigenvalue weighted by Crippen LogP contribution is -2.26. The van der Waals surface area contributed by atoms with Gasteiger partial charge in [0.1, 0.15) is 0 Å². The maximum Gasteiger partial charge on any atom is 0.232 e. The molecule has 0 spiro atoms. The molecular weight excluding hydrogens is 394 g/mol. The van der Waals surface area contributed by atoms with Crippen LogP contribution in [0.15, 0.2) is 40.9 Å². The van der Waals surface area contributed by atoms with Crippen molar-refractivity contribution in [2.75, 3.05) is 25.7 Å². The summed E-state index contributed by atoms with van der Waals surface area (Å²) in [6, 6.07) is 11.8. The summed E-state index contributed by atoms with van der Waals surface area (Å²) in [5.41, 5.74) is 4.50. The van der Waals surface area contributed by atoms with Gasteiger partial charge in [-0.25, -0.2) is 0 Å². The molecule has 0 radical (unpaired) electrons. The summed E-state index contributed by atoms with van der Waals surface area (Å²) in [6.07, 6.45) is 4.88. The maximum absolute atomic E-state index is 12.9. The second kappa shape index (κ2) is 8.06. The number of hydrogen-bond donors (Lipinski definition) is 0. The Bertz CT molecular complexity index is 1120. The van der Waals surface area contributed by atoms with Crippen LogP contribution in [0.4, 0.5) is 5.69 Å². The number of fused-ring (bicyclic) bond motifs is 1. The van der Waals surface area contributed by atoms with E-state index in [4.69, 9.17) is 14.0 Å². The fourth-order valence-corrected chi connectivity index (χ4v) is 4.61. The van der Waals surface area contributed by atoms with E-state index in [1.807, 2.05) is 23.1 Å². The molecule has 7 nitrogen and oxygen atoms in total. The van der Waals surface area contributed by atoms with Crippen molar-refractivity contribution in [3.8, 4) is 22.9 Å². The van der Waals surface area contributed by atoms with Crippen molar-refractivity contribution < 1.29 is 18.8 Å². The third kappa shape index (κ3) is 3.54. The number of benzene rings is 2. The minimum atomic E-state index is -0.117. The Balaban J connectivity index is 1.39. The van der Waals surface area contributed by atoms with E-state index in [-0.39, 0.29) is 11.8 Å². The van der Waals surface area contributed by atoms with Crippen LogP contribution in [0.25, 0.3) is 11.4 Å². The number of ether oxygens (including phenoxy) is 2. The normalized spacial score (nSPS) is 18.2. The molecule has 1 aromatic heterocycles. The van der Waals surface area contributed by atoms with Crippen molar-refractivity contribution >= 4 is 11.6 Å². The fourth-order valence-electron chi connectivity index (χ4n) is 4.61. The van der Waals surface area contributed by atoms with Gasteiger partial charge in [0, 0.05) is 24.2 Å². The van der Waals surface area contributed by atoms with E-state index in [0.717, 1.165) is 24.1 Å². The molecule has 1 aliphatic carbocycles. The first-order chi connectivity index (χ1) is 15.2. The number of anilines is 1. The van der Waals surface area contributed by atoms with Crippen LogP contribution < -0.4 is 14.4 Å². The van der Waals surface area contributed by atoms with Crippen LogP contribution in [0.1, 0.15) is 42.2 Å². The Morgan fingerprint density at radius 1 is 1.06 bits per heavy atom. The summed E-state index contributed by atoms with van der Waals surface area (Å²) in [6.45, 7) is 0.558. The van der Waals surface area contributed by atoms with Crippen LogP contribution in [0.2, 0.25) is 0 Å². The lowest BCUT2D eigenvalue weighted by Gasteiger charge is -2.25. The van der Waals surface area contributed by atoms with E-state index >= 15 is 0 Å². The Kier molecular flexibility index (Phi) is 5.10. The van der Waals surface area contributed by atoms with Crippen molar-refractivity contribution in [2.45, 2.75) is 38.0 Å². The molecule has 1 amide bonds. The number of methoxy groups -OCH3 is 2. The number of aryl methyl sites for hydroxylation is 1. The molecule has 1 fully saturated rings. The largest absolute Gasteiger partial charge is 0.493 e. The highest BCUT2D eigenvalue weighted by atomic mass is 16.5. The van der Waals surface area contributed by atoms with E-state index in [2.05, 4.69) is 28.3 Å². The van der Waals surface area contributed by atoms with Gasteiger partial charge in [-0.1, -0.05) is 17.3 Å². The van der Waals surface area contributed by atoms with Crippen molar-refractivity contribution in [2.24, 2.45) is 0 Å². The highest BCUT2D eigenvalue weighted by molar-refractivity contribution is 5.97. The Morgan fingerprint density at radius 3 is 2.74 bits per heavy atom. The summed E-state index contributed by atoms with van der Waals surface area (Å²) in [4.78, 5) is 19.4. The summed E-state index contributed by atoms with van der Waals surface area (Å²) < 4.78 is 16.2. The van der Waals surface area contributed by atoms with E-state index < -0.39 is 0 Å². The molecular formula is C24H25N3O4. The number of carbonyl (C=O) groups excluding carboxylic acids is 1. The SMILES string of the molecule is COc1ccc(-c2noc(C3CC(=O)N(c4cccc5c4CCCC5)C3)n2)cc1OC. The van der Waals surface area contributed by atoms with Gasteiger partial charge in [0.2, 0.25) is 17.6 Å². The van der Waals surface area contributed by atoms with Gasteiger partial charge in [0.05, 0.1) is 20.1 Å². The van der Waals surface area contributed by atoms with Gasteiger partial charge in [0.15, 0.2) is 11.5 Å². The van der Waals surface area contributed by atoms with Crippen molar-refractivity contribution in [3.05, 3.63) is 53.4 Å². The smallest absolute Gasteiger partial charge is 0.232 e. The second-order valence-corrected chi connectivity index (χ2v) is 8.05. The number of carbonyl (C=O) groups is 1. The lowest BCUT2D eigenvalue weighted by atomic mass is 9.90. The van der Waals surface area contributed by atoms with Gasteiger partial charge in [-0.15, -0.1) is 0 Å². The van der Waals surface area contributed by atoms with Crippen molar-refractivity contribution in [1.29, 1.82) is 0 Å². The number of hydrogen-bond acceptors (Lipinski definition) is 6. The van der Waals surface area contributed by atoms with E-state index in [1.165, 1.54) is 24.0 Å². The topological polar surface area (TPSA) is 77.7 Å². The minimum absolute atomic E-state index is 0.106. The number of amides is 1. The number of rotatable bonds is 5. The molecule has 2 aromatic carbocycles. The maximum atomic E-state index is 12.9. The average Bonchev–Trinajstić information content (AvgIpc) is 3.45. The molecule has 31 heavy (non-hydrogen) atoms. The standard InChI is InChI=1S/C24H25N3O4/c1-29-20-11-10-16(12-21(20)30-2)23-25-24(31-26-23)17-13-22(28)27(14-17)19-9-5-7-15-6-3-4-8-18(15)19/h5,7,9-12,17H,3-4,6,8,13-14H2,1-2H3. The first kappa shape index (κ1) is 19.6. The third-order valence-electron chi connectivity index (χ3n) is 6.22. The van der Waals surface area contributed by atoms with Crippen LogP contribution in [0.3, 0.4) is 0 Å². The number of nitrogens with zero attached hydrogens (tertiary/aromatic N) is 3. The first-order valence-electron chi connectivity index (χ1n) is 10.6. The molecule has 1 atom stereocenters. The Labute approximate surface area is 181 Å². The van der Waals surface area contributed by atoms with Gasteiger partial charge < -0.3 is 18.9 Å². The molecule has 2 aliphatic rings. The second-order valence-electron chi connectivity index (χ2n) is 8.05. The summed E-state index contributed by atoms with van der Waals surface area (Å²) in [7, 11) is 3.18. The molecule has 1 aliphatic heterocycles. The molecule has 1 unspecified atom stereocenters. The highest BCUT2D eigenvalue weighted by Gasteiger charge is 2.36. The van der Waals surface area contributed by atoms with Gasteiger partial charge in [-0.2, -0.15) is 4.98 Å². The Hall–Kier alpha value is -3.35. The zero-order valence-corrected chi connectivity index (χ0v) is 17.8. The summed E-state index contributed by atoms with van der Waals surface area (Å²) in [5, 5.41) is 4.14. The first-order valence-corrected chi connectivity index (χ1v) is 10.6. The van der Waals surface area contributed by atoms with Gasteiger partial charge in [-0.05, 0) is 61.1 Å². The molecule has 2 heterocycles. The number of aromatic nitrogens is 2. The molecule has 0 saturated carbocycles. The van der Waals surface area contributed by atoms with Crippen LogP contribution in [0.5, 0.6) is 11.5 Å². The minimum Gasteiger partial charge on any atom is -0.493 e.